The van der Waals surface area contributed by atoms with Crippen molar-refractivity contribution < 1.29 is 4.52 Å². The van der Waals surface area contributed by atoms with Crippen LogP contribution < -0.4 is 5.73 Å². The molecule has 1 aromatic heterocycles. The van der Waals surface area contributed by atoms with E-state index in [1.54, 1.807) is 11.8 Å². The Labute approximate surface area is 117 Å². The number of hydrogen-bond acceptors (Lipinski definition) is 5. The zero-order valence-corrected chi connectivity index (χ0v) is 12.1. The third kappa shape index (κ3) is 4.08. The molecule has 0 amide bonds. The fourth-order valence-electron chi connectivity index (χ4n) is 1.68. The van der Waals surface area contributed by atoms with Crippen molar-refractivity contribution in [1.29, 1.82) is 0 Å². The lowest BCUT2D eigenvalue weighted by Crippen LogP contribution is -2.04. The van der Waals surface area contributed by atoms with E-state index >= 15 is 0 Å². The number of thioether (sulfide) groups is 1. The van der Waals surface area contributed by atoms with Crippen molar-refractivity contribution >= 4 is 11.8 Å². The number of nitrogens with two attached hydrogens (primary N) is 1. The Morgan fingerprint density at radius 2 is 2.05 bits per heavy atom. The van der Waals surface area contributed by atoms with Crippen LogP contribution in [0, 0.1) is 6.92 Å². The van der Waals surface area contributed by atoms with Gasteiger partial charge in [-0.05, 0) is 32.0 Å². The highest BCUT2D eigenvalue weighted by atomic mass is 32.2. The van der Waals surface area contributed by atoms with Gasteiger partial charge in [-0.15, -0.1) is 11.8 Å². The fourth-order valence-corrected chi connectivity index (χ4v) is 2.42. The van der Waals surface area contributed by atoms with Crippen molar-refractivity contribution in [3.63, 3.8) is 0 Å². The molecule has 2 N–H and O–H groups in total. The van der Waals surface area contributed by atoms with Crippen molar-refractivity contribution in [2.24, 2.45) is 5.73 Å². The number of rotatable bonds is 6. The smallest absolute Gasteiger partial charge is 0.229 e. The van der Waals surface area contributed by atoms with Crippen molar-refractivity contribution in [2.45, 2.75) is 36.8 Å². The number of nitrogens with zero attached hydrogens (tertiary/aromatic N) is 2. The number of benzene rings is 1. The van der Waals surface area contributed by atoms with Gasteiger partial charge in [-0.1, -0.05) is 29.8 Å². The first-order chi connectivity index (χ1) is 9.19. The third-order valence-corrected chi connectivity index (χ3v) is 3.90. The van der Waals surface area contributed by atoms with Gasteiger partial charge >= 0.3 is 0 Å². The molecule has 0 saturated carbocycles. The molecule has 1 atom stereocenters. The van der Waals surface area contributed by atoms with Crippen LogP contribution in [0.5, 0.6) is 0 Å². The van der Waals surface area contributed by atoms with Gasteiger partial charge in [0.25, 0.3) is 0 Å². The van der Waals surface area contributed by atoms with E-state index in [1.807, 2.05) is 0 Å². The number of aromatic nitrogens is 2. The van der Waals surface area contributed by atoms with Crippen molar-refractivity contribution in [1.82, 2.24) is 10.1 Å². The zero-order valence-electron chi connectivity index (χ0n) is 11.3. The lowest BCUT2D eigenvalue weighted by Gasteiger charge is -2.01. The molecule has 19 heavy (non-hydrogen) atoms. The predicted octanol–water partition coefficient (Wildman–Crippen LogP) is 3.12. The summed E-state index contributed by atoms with van der Waals surface area (Å²) in [6.45, 7) is 4.77. The van der Waals surface area contributed by atoms with Gasteiger partial charge in [0.1, 0.15) is 0 Å². The molecule has 0 saturated heterocycles. The van der Waals surface area contributed by atoms with E-state index < -0.39 is 0 Å². The quantitative estimate of drug-likeness (QED) is 0.822. The first kappa shape index (κ1) is 14.1. The second-order valence-electron chi connectivity index (χ2n) is 4.63. The van der Waals surface area contributed by atoms with Crippen LogP contribution in [0.25, 0.3) is 0 Å². The van der Waals surface area contributed by atoms with E-state index in [9.17, 15) is 0 Å². The molecule has 4 nitrogen and oxygen atoms in total. The number of hydrogen-bond donors (Lipinski definition) is 1. The Morgan fingerprint density at radius 3 is 2.74 bits per heavy atom. The lowest BCUT2D eigenvalue weighted by molar-refractivity contribution is 0.352. The maximum atomic E-state index is 5.53. The fraction of sp³-hybridized carbons (Fsp3) is 0.429. The molecule has 1 aromatic carbocycles. The summed E-state index contributed by atoms with van der Waals surface area (Å²) in [5, 5.41) is 4.00. The standard InChI is InChI=1S/C14H19N3OS/c1-10-3-5-12(6-4-10)19-9-13-16-14(18-17-13)11(2)7-8-15/h3-6,11H,7-9,15H2,1-2H3. The van der Waals surface area contributed by atoms with E-state index in [1.165, 1.54) is 10.5 Å². The minimum atomic E-state index is 0.232. The molecular formula is C14H19N3OS. The first-order valence-electron chi connectivity index (χ1n) is 6.41. The molecule has 0 aliphatic carbocycles. The third-order valence-electron chi connectivity index (χ3n) is 2.89. The Morgan fingerprint density at radius 1 is 1.32 bits per heavy atom. The van der Waals surface area contributed by atoms with Gasteiger partial charge in [0.2, 0.25) is 5.89 Å². The Bertz CT molecular complexity index is 510. The second-order valence-corrected chi connectivity index (χ2v) is 5.68. The van der Waals surface area contributed by atoms with Gasteiger partial charge in [0, 0.05) is 10.8 Å². The highest BCUT2D eigenvalue weighted by Gasteiger charge is 2.13. The summed E-state index contributed by atoms with van der Waals surface area (Å²) in [7, 11) is 0. The van der Waals surface area contributed by atoms with Gasteiger partial charge < -0.3 is 10.3 Å². The highest BCUT2D eigenvalue weighted by Crippen LogP contribution is 2.23. The second kappa shape index (κ2) is 6.73. The predicted molar refractivity (Wildman–Crippen MR) is 77.1 cm³/mol. The van der Waals surface area contributed by atoms with E-state index in [0.29, 0.717) is 12.4 Å². The van der Waals surface area contributed by atoms with Gasteiger partial charge in [-0.2, -0.15) is 4.98 Å². The largest absolute Gasteiger partial charge is 0.339 e. The van der Waals surface area contributed by atoms with E-state index in [2.05, 4.69) is 48.3 Å². The normalized spacial score (nSPS) is 12.6. The summed E-state index contributed by atoms with van der Waals surface area (Å²) in [6, 6.07) is 8.43. The summed E-state index contributed by atoms with van der Waals surface area (Å²) < 4.78 is 5.26. The van der Waals surface area contributed by atoms with Crippen molar-refractivity contribution in [3.05, 3.63) is 41.5 Å². The summed E-state index contributed by atoms with van der Waals surface area (Å²) in [6.07, 6.45) is 0.868. The summed E-state index contributed by atoms with van der Waals surface area (Å²) in [5.41, 5.74) is 6.79. The van der Waals surface area contributed by atoms with Crippen LogP contribution in [-0.4, -0.2) is 16.7 Å². The Kier molecular flexibility index (Phi) is 4.99. The molecule has 0 radical (unpaired) electrons. The van der Waals surface area contributed by atoms with Crippen molar-refractivity contribution in [2.75, 3.05) is 6.54 Å². The van der Waals surface area contributed by atoms with Crippen LogP contribution in [0.1, 0.15) is 36.5 Å². The molecule has 0 aliphatic rings. The van der Waals surface area contributed by atoms with Crippen LogP contribution in [0.3, 0.4) is 0 Å². The Hall–Kier alpha value is -1.33. The van der Waals surface area contributed by atoms with Crippen molar-refractivity contribution in [3.8, 4) is 0 Å². The number of aryl methyl sites for hydroxylation is 1. The van der Waals surface area contributed by atoms with E-state index in [-0.39, 0.29) is 5.92 Å². The minimum Gasteiger partial charge on any atom is -0.339 e. The van der Waals surface area contributed by atoms with Crippen LogP contribution in [0.2, 0.25) is 0 Å². The van der Waals surface area contributed by atoms with Gasteiger partial charge in [0.05, 0.1) is 5.75 Å². The van der Waals surface area contributed by atoms with Gasteiger partial charge in [-0.3, -0.25) is 0 Å². The topological polar surface area (TPSA) is 64.9 Å². The summed E-state index contributed by atoms with van der Waals surface area (Å²) >= 11 is 1.71. The van der Waals surface area contributed by atoms with Crippen LogP contribution in [0.4, 0.5) is 0 Å². The van der Waals surface area contributed by atoms with E-state index in [0.717, 1.165) is 18.0 Å². The van der Waals surface area contributed by atoms with Crippen LogP contribution in [0.15, 0.2) is 33.7 Å². The SMILES string of the molecule is Cc1ccc(SCc2noc(C(C)CCN)n2)cc1. The summed E-state index contributed by atoms with van der Waals surface area (Å²) in [5.74, 6) is 2.38. The summed E-state index contributed by atoms with van der Waals surface area (Å²) in [4.78, 5) is 5.62. The van der Waals surface area contributed by atoms with Crippen LogP contribution in [-0.2, 0) is 5.75 Å². The molecular weight excluding hydrogens is 258 g/mol. The average molecular weight is 277 g/mol. The molecule has 1 unspecified atom stereocenters. The molecule has 0 fully saturated rings. The maximum absolute atomic E-state index is 5.53. The maximum Gasteiger partial charge on any atom is 0.229 e. The van der Waals surface area contributed by atoms with Gasteiger partial charge in [0.15, 0.2) is 5.82 Å². The monoisotopic (exact) mass is 277 g/mol. The molecule has 102 valence electrons. The molecule has 5 heteroatoms. The lowest BCUT2D eigenvalue weighted by atomic mass is 10.1. The molecule has 1 heterocycles. The van der Waals surface area contributed by atoms with Gasteiger partial charge in [-0.25, -0.2) is 0 Å². The molecule has 2 rings (SSSR count). The average Bonchev–Trinajstić information content (AvgIpc) is 2.87. The molecule has 2 aromatic rings. The minimum absolute atomic E-state index is 0.232. The molecule has 0 spiro atoms. The molecule has 0 bridgehead atoms. The highest BCUT2D eigenvalue weighted by molar-refractivity contribution is 7.98. The Balaban J connectivity index is 1.91. The van der Waals surface area contributed by atoms with Crippen LogP contribution >= 0.6 is 11.8 Å². The molecule has 0 aliphatic heterocycles. The van der Waals surface area contributed by atoms with E-state index in [4.69, 9.17) is 10.3 Å². The zero-order chi connectivity index (χ0) is 13.7. The first-order valence-corrected chi connectivity index (χ1v) is 7.39.